The van der Waals surface area contributed by atoms with Gasteiger partial charge < -0.3 is 10.0 Å². The summed E-state index contributed by atoms with van der Waals surface area (Å²) in [6, 6.07) is 0.175. The minimum atomic E-state index is 0.175. The lowest BCUT2D eigenvalue weighted by Gasteiger charge is -2.25. The normalized spacial score (nSPS) is 19.6. The molecule has 0 saturated heterocycles. The quantitative estimate of drug-likeness (QED) is 0.595. The summed E-state index contributed by atoms with van der Waals surface area (Å²) < 4.78 is 0. The maximum Gasteiger partial charge on any atom is 0.110 e. The zero-order valence-electron chi connectivity index (χ0n) is 6.07. The minimum absolute atomic E-state index is 0.175. The van der Waals surface area contributed by atoms with E-state index in [0.717, 1.165) is 0 Å². The van der Waals surface area contributed by atoms with Crippen LogP contribution in [0.2, 0.25) is 0 Å². The second kappa shape index (κ2) is 3.37. The van der Waals surface area contributed by atoms with Crippen molar-refractivity contribution in [3.05, 3.63) is 12.3 Å². The maximum atomic E-state index is 8.76. The lowest BCUT2D eigenvalue weighted by atomic mass is 10.3. The van der Waals surface area contributed by atoms with Gasteiger partial charge in [-0.1, -0.05) is 0 Å². The molecule has 3 heteroatoms. The van der Waals surface area contributed by atoms with Crippen LogP contribution in [-0.4, -0.2) is 35.5 Å². The first-order chi connectivity index (χ1) is 4.84. The van der Waals surface area contributed by atoms with E-state index in [4.69, 9.17) is 5.11 Å². The van der Waals surface area contributed by atoms with Crippen LogP contribution in [0.25, 0.3) is 0 Å². The summed E-state index contributed by atoms with van der Waals surface area (Å²) >= 11 is 0. The fraction of sp³-hybridized carbons (Fsp3) is 0.571. The summed E-state index contributed by atoms with van der Waals surface area (Å²) in [5.41, 5.74) is 0. The third-order valence-corrected chi connectivity index (χ3v) is 1.54. The zero-order valence-corrected chi connectivity index (χ0v) is 6.07. The number of aliphatic hydroxyl groups is 1. The molecule has 1 rings (SSSR count). The van der Waals surface area contributed by atoms with Crippen LogP contribution in [0.5, 0.6) is 0 Å². The van der Waals surface area contributed by atoms with Crippen LogP contribution in [0.1, 0.15) is 6.92 Å². The molecular weight excluding hydrogens is 128 g/mol. The van der Waals surface area contributed by atoms with E-state index < -0.39 is 0 Å². The van der Waals surface area contributed by atoms with Gasteiger partial charge in [-0.25, -0.2) is 0 Å². The van der Waals surface area contributed by atoms with Crippen molar-refractivity contribution < 1.29 is 5.11 Å². The van der Waals surface area contributed by atoms with Crippen LogP contribution in [0.3, 0.4) is 0 Å². The third-order valence-electron chi connectivity index (χ3n) is 1.54. The molecule has 1 aliphatic heterocycles. The maximum absolute atomic E-state index is 8.76. The fourth-order valence-corrected chi connectivity index (χ4v) is 0.790. The summed E-state index contributed by atoms with van der Waals surface area (Å²) in [4.78, 5) is 6.02. The average molecular weight is 140 g/mol. The van der Waals surface area contributed by atoms with Gasteiger partial charge in [0.15, 0.2) is 0 Å². The first-order valence-electron chi connectivity index (χ1n) is 3.38. The Balaban J connectivity index is 2.42. The first kappa shape index (κ1) is 7.28. The molecule has 0 aromatic carbocycles. The van der Waals surface area contributed by atoms with Crippen LogP contribution < -0.4 is 0 Å². The molecule has 1 N–H and O–H groups in total. The standard InChI is InChI=1S/C7H12N2O/c1-7(5-10)9-4-2-3-8-6-9/h2-4,7,10H,5-6H2,1H3. The van der Waals surface area contributed by atoms with E-state index in [-0.39, 0.29) is 12.6 Å². The Morgan fingerprint density at radius 1 is 1.80 bits per heavy atom. The molecule has 1 unspecified atom stereocenters. The van der Waals surface area contributed by atoms with E-state index in [2.05, 4.69) is 4.99 Å². The van der Waals surface area contributed by atoms with Gasteiger partial charge in [-0.3, -0.25) is 4.99 Å². The number of hydrogen-bond donors (Lipinski definition) is 1. The SMILES string of the molecule is CC(CO)N1C=CC=NC1. The highest BCUT2D eigenvalue weighted by atomic mass is 16.3. The Bertz CT molecular complexity index is 154. The molecule has 3 nitrogen and oxygen atoms in total. The molecule has 0 amide bonds. The largest absolute Gasteiger partial charge is 0.394 e. The summed E-state index contributed by atoms with van der Waals surface area (Å²) in [5.74, 6) is 0. The Morgan fingerprint density at radius 3 is 3.10 bits per heavy atom. The molecule has 0 aromatic rings. The lowest BCUT2D eigenvalue weighted by Crippen LogP contribution is -2.32. The van der Waals surface area contributed by atoms with Crippen molar-refractivity contribution in [2.75, 3.05) is 13.3 Å². The van der Waals surface area contributed by atoms with Crippen molar-refractivity contribution in [3.63, 3.8) is 0 Å². The molecule has 1 atom stereocenters. The molecule has 0 spiro atoms. The Kier molecular flexibility index (Phi) is 2.45. The molecule has 0 radical (unpaired) electrons. The van der Waals surface area contributed by atoms with E-state index in [9.17, 15) is 0 Å². The van der Waals surface area contributed by atoms with Gasteiger partial charge in [0, 0.05) is 12.4 Å². The highest BCUT2D eigenvalue weighted by molar-refractivity contribution is 5.71. The Morgan fingerprint density at radius 2 is 2.60 bits per heavy atom. The summed E-state index contributed by atoms with van der Waals surface area (Å²) in [6.07, 6.45) is 5.57. The predicted octanol–water partition coefficient (Wildman–Crippen LogP) is 0.225. The molecule has 0 fully saturated rings. The Labute approximate surface area is 60.7 Å². The van der Waals surface area contributed by atoms with Gasteiger partial charge >= 0.3 is 0 Å². The molecule has 10 heavy (non-hydrogen) atoms. The van der Waals surface area contributed by atoms with Crippen LogP contribution in [0.4, 0.5) is 0 Å². The second-order valence-corrected chi connectivity index (χ2v) is 2.36. The Hall–Kier alpha value is -0.830. The van der Waals surface area contributed by atoms with Crippen LogP contribution in [-0.2, 0) is 0 Å². The van der Waals surface area contributed by atoms with Crippen LogP contribution in [0.15, 0.2) is 17.3 Å². The van der Waals surface area contributed by atoms with Gasteiger partial charge in [0.1, 0.15) is 6.67 Å². The van der Waals surface area contributed by atoms with E-state index in [1.54, 1.807) is 6.21 Å². The van der Waals surface area contributed by atoms with Crippen LogP contribution >= 0.6 is 0 Å². The number of hydrogen-bond acceptors (Lipinski definition) is 3. The summed E-state index contributed by atoms with van der Waals surface area (Å²) in [5, 5.41) is 8.76. The molecule has 0 bridgehead atoms. The topological polar surface area (TPSA) is 35.8 Å². The second-order valence-electron chi connectivity index (χ2n) is 2.36. The van der Waals surface area contributed by atoms with Crippen LogP contribution in [0, 0.1) is 0 Å². The zero-order chi connectivity index (χ0) is 7.40. The van der Waals surface area contributed by atoms with Crippen molar-refractivity contribution >= 4 is 6.21 Å². The van der Waals surface area contributed by atoms with Crippen molar-refractivity contribution in [1.82, 2.24) is 4.90 Å². The van der Waals surface area contributed by atoms with Gasteiger partial charge in [-0.05, 0) is 13.0 Å². The predicted molar refractivity (Wildman–Crippen MR) is 40.9 cm³/mol. The monoisotopic (exact) mass is 140 g/mol. The summed E-state index contributed by atoms with van der Waals surface area (Å²) in [7, 11) is 0. The smallest absolute Gasteiger partial charge is 0.110 e. The van der Waals surface area contributed by atoms with Gasteiger partial charge in [0.05, 0.1) is 12.6 Å². The number of allylic oxidation sites excluding steroid dienone is 1. The molecular formula is C7H12N2O. The highest BCUT2D eigenvalue weighted by Crippen LogP contribution is 2.01. The molecule has 1 heterocycles. The van der Waals surface area contributed by atoms with Crippen molar-refractivity contribution in [3.8, 4) is 0 Å². The van der Waals surface area contributed by atoms with Gasteiger partial charge in [0.25, 0.3) is 0 Å². The van der Waals surface area contributed by atoms with E-state index in [1.165, 1.54) is 0 Å². The number of aliphatic hydroxyl groups excluding tert-OH is 1. The van der Waals surface area contributed by atoms with Gasteiger partial charge in [-0.15, -0.1) is 0 Å². The number of nitrogens with zero attached hydrogens (tertiary/aromatic N) is 2. The van der Waals surface area contributed by atoms with Gasteiger partial charge in [-0.2, -0.15) is 0 Å². The van der Waals surface area contributed by atoms with E-state index in [1.807, 2.05) is 24.1 Å². The van der Waals surface area contributed by atoms with Crippen molar-refractivity contribution in [2.24, 2.45) is 4.99 Å². The van der Waals surface area contributed by atoms with Gasteiger partial charge in [0.2, 0.25) is 0 Å². The molecule has 0 saturated carbocycles. The average Bonchev–Trinajstić information content (AvgIpc) is 2.05. The lowest BCUT2D eigenvalue weighted by molar-refractivity contribution is 0.178. The summed E-state index contributed by atoms with van der Waals surface area (Å²) in [6.45, 7) is 2.81. The van der Waals surface area contributed by atoms with Crippen molar-refractivity contribution in [1.29, 1.82) is 0 Å². The fourth-order valence-electron chi connectivity index (χ4n) is 0.790. The third kappa shape index (κ3) is 1.57. The number of aliphatic imine (C=N–C) groups is 1. The minimum Gasteiger partial charge on any atom is -0.394 e. The molecule has 0 aliphatic carbocycles. The molecule has 1 aliphatic rings. The van der Waals surface area contributed by atoms with E-state index in [0.29, 0.717) is 6.67 Å². The molecule has 0 aromatic heterocycles. The van der Waals surface area contributed by atoms with Crippen molar-refractivity contribution in [2.45, 2.75) is 13.0 Å². The first-order valence-corrected chi connectivity index (χ1v) is 3.38. The van der Waals surface area contributed by atoms with E-state index >= 15 is 0 Å². The highest BCUT2D eigenvalue weighted by Gasteiger charge is 2.07. The number of rotatable bonds is 2. The molecule has 56 valence electrons.